The van der Waals surface area contributed by atoms with E-state index in [2.05, 4.69) is 9.97 Å². The summed E-state index contributed by atoms with van der Waals surface area (Å²) < 4.78 is 11.5. The summed E-state index contributed by atoms with van der Waals surface area (Å²) in [7, 11) is 0. The third kappa shape index (κ3) is 3.98. The maximum atomic E-state index is 13.2. The van der Waals surface area contributed by atoms with Crippen LogP contribution >= 0.6 is 11.3 Å². The molecule has 0 N–H and O–H groups in total. The van der Waals surface area contributed by atoms with Crippen molar-refractivity contribution in [1.82, 2.24) is 9.97 Å². The molecule has 3 aromatic heterocycles. The summed E-state index contributed by atoms with van der Waals surface area (Å²) >= 11 is 1.32. The molecule has 0 aliphatic heterocycles. The second-order valence-corrected chi connectivity index (χ2v) is 7.22. The van der Waals surface area contributed by atoms with Crippen molar-refractivity contribution in [3.63, 3.8) is 0 Å². The van der Waals surface area contributed by atoms with Crippen LogP contribution in [0.5, 0.6) is 5.75 Å². The van der Waals surface area contributed by atoms with Gasteiger partial charge >= 0.3 is 5.88 Å². The first-order chi connectivity index (χ1) is 14.5. The summed E-state index contributed by atoms with van der Waals surface area (Å²) in [6.45, 7) is 2.62. The zero-order valence-corrected chi connectivity index (χ0v) is 16.7. The maximum Gasteiger partial charge on any atom is 0.433 e. The predicted molar refractivity (Wildman–Crippen MR) is 111 cm³/mol. The lowest BCUT2D eigenvalue weighted by molar-refractivity contribution is -0.402. The molecule has 9 nitrogen and oxygen atoms in total. The first kappa shape index (κ1) is 19.5. The lowest BCUT2D eigenvalue weighted by atomic mass is 10.2. The second kappa shape index (κ2) is 8.29. The molecule has 0 fully saturated rings. The topological polar surface area (TPSA) is 112 Å². The Balaban J connectivity index is 1.73. The lowest BCUT2D eigenvalue weighted by Gasteiger charge is -2.18. The van der Waals surface area contributed by atoms with Crippen LogP contribution in [-0.4, -0.2) is 27.4 Å². The zero-order chi connectivity index (χ0) is 21.1. The van der Waals surface area contributed by atoms with Crippen molar-refractivity contribution in [1.29, 1.82) is 0 Å². The Labute approximate surface area is 174 Å². The van der Waals surface area contributed by atoms with Gasteiger partial charge in [0.05, 0.1) is 29.4 Å². The predicted octanol–water partition coefficient (Wildman–Crippen LogP) is 4.44. The highest BCUT2D eigenvalue weighted by atomic mass is 32.1. The van der Waals surface area contributed by atoms with E-state index < -0.39 is 16.7 Å². The summed E-state index contributed by atoms with van der Waals surface area (Å²) in [4.78, 5) is 33.5. The molecule has 30 heavy (non-hydrogen) atoms. The first-order valence-corrected chi connectivity index (χ1v) is 9.85. The van der Waals surface area contributed by atoms with Crippen molar-refractivity contribution in [2.75, 3.05) is 11.5 Å². The van der Waals surface area contributed by atoms with Gasteiger partial charge in [-0.15, -0.1) is 0 Å². The van der Waals surface area contributed by atoms with Crippen LogP contribution in [0.4, 0.5) is 11.0 Å². The third-order valence-electron chi connectivity index (χ3n) is 4.18. The van der Waals surface area contributed by atoms with E-state index in [0.29, 0.717) is 23.0 Å². The van der Waals surface area contributed by atoms with Crippen LogP contribution in [0.2, 0.25) is 0 Å². The standard InChI is InChI=1S/C20H16N4O5S/c1-2-28-14-5-6-15-17(10-14)30-20(22-15)23(12-13-4-3-9-21-11-13)19(25)16-7-8-18(29-16)24(26)27/h3-11H,2,12H2,1H3. The Hall–Kier alpha value is -3.79. The van der Waals surface area contributed by atoms with Crippen molar-refractivity contribution in [3.8, 4) is 5.75 Å². The third-order valence-corrected chi connectivity index (χ3v) is 5.22. The summed E-state index contributed by atoms with van der Waals surface area (Å²) in [5.41, 5.74) is 1.49. The molecule has 0 unspecified atom stereocenters. The number of aromatic nitrogens is 2. The fourth-order valence-corrected chi connectivity index (χ4v) is 3.83. The number of pyridine rings is 1. The van der Waals surface area contributed by atoms with Crippen LogP contribution in [-0.2, 0) is 6.54 Å². The Morgan fingerprint density at radius 3 is 2.87 bits per heavy atom. The van der Waals surface area contributed by atoms with Crippen LogP contribution in [0.25, 0.3) is 10.2 Å². The maximum absolute atomic E-state index is 13.2. The van der Waals surface area contributed by atoms with Gasteiger partial charge in [-0.3, -0.25) is 24.8 Å². The molecule has 4 aromatic rings. The molecule has 0 radical (unpaired) electrons. The fourth-order valence-electron chi connectivity index (χ4n) is 2.84. The van der Waals surface area contributed by atoms with Gasteiger partial charge in [-0.25, -0.2) is 4.98 Å². The zero-order valence-electron chi connectivity index (χ0n) is 15.8. The van der Waals surface area contributed by atoms with Crippen molar-refractivity contribution < 1.29 is 18.9 Å². The number of ether oxygens (including phenoxy) is 1. The quantitative estimate of drug-likeness (QED) is 0.318. The number of anilines is 1. The summed E-state index contributed by atoms with van der Waals surface area (Å²) in [6, 6.07) is 11.5. The van der Waals surface area contributed by atoms with E-state index in [9.17, 15) is 14.9 Å². The fraction of sp³-hybridized carbons (Fsp3) is 0.150. The molecule has 0 spiro atoms. The molecular weight excluding hydrogens is 408 g/mol. The SMILES string of the molecule is CCOc1ccc2nc(N(Cc3cccnc3)C(=O)c3ccc([N+](=O)[O-])o3)sc2c1. The lowest BCUT2D eigenvalue weighted by Crippen LogP contribution is -2.30. The monoisotopic (exact) mass is 424 g/mol. The minimum atomic E-state index is -0.685. The highest BCUT2D eigenvalue weighted by Gasteiger charge is 2.26. The van der Waals surface area contributed by atoms with Crippen LogP contribution in [0, 0.1) is 10.1 Å². The molecule has 3 heterocycles. The number of fused-ring (bicyclic) bond motifs is 1. The average molecular weight is 424 g/mol. The van der Waals surface area contributed by atoms with Gasteiger partial charge in [0.2, 0.25) is 0 Å². The van der Waals surface area contributed by atoms with Gasteiger partial charge in [0.25, 0.3) is 5.91 Å². The number of carbonyl (C=O) groups is 1. The number of furan rings is 1. The smallest absolute Gasteiger partial charge is 0.433 e. The number of thiazole rings is 1. The Bertz CT molecular complexity index is 1200. The van der Waals surface area contributed by atoms with E-state index in [-0.39, 0.29) is 12.3 Å². The highest BCUT2D eigenvalue weighted by molar-refractivity contribution is 7.22. The van der Waals surface area contributed by atoms with Gasteiger partial charge in [0.1, 0.15) is 10.7 Å². The number of hydrogen-bond donors (Lipinski definition) is 0. The van der Waals surface area contributed by atoms with Crippen LogP contribution in [0.15, 0.2) is 59.3 Å². The highest BCUT2D eigenvalue weighted by Crippen LogP contribution is 2.33. The molecule has 0 aliphatic rings. The van der Waals surface area contributed by atoms with Gasteiger partial charge in [0.15, 0.2) is 10.9 Å². The van der Waals surface area contributed by atoms with E-state index in [0.717, 1.165) is 16.3 Å². The minimum Gasteiger partial charge on any atom is -0.494 e. The van der Waals surface area contributed by atoms with Crippen molar-refractivity contribution in [2.24, 2.45) is 0 Å². The van der Waals surface area contributed by atoms with Gasteiger partial charge in [-0.1, -0.05) is 17.4 Å². The molecule has 0 saturated carbocycles. The van der Waals surface area contributed by atoms with E-state index in [1.54, 1.807) is 18.5 Å². The van der Waals surface area contributed by atoms with Crippen LogP contribution < -0.4 is 9.64 Å². The first-order valence-electron chi connectivity index (χ1n) is 9.03. The van der Waals surface area contributed by atoms with Crippen molar-refractivity contribution in [3.05, 3.63) is 76.3 Å². The number of hydrogen-bond acceptors (Lipinski definition) is 8. The molecule has 0 aliphatic carbocycles. The summed E-state index contributed by atoms with van der Waals surface area (Å²) in [6.07, 6.45) is 3.28. The normalized spacial score (nSPS) is 10.8. The Morgan fingerprint density at radius 2 is 2.17 bits per heavy atom. The number of nitro groups is 1. The Morgan fingerprint density at radius 1 is 1.30 bits per heavy atom. The molecule has 152 valence electrons. The van der Waals surface area contributed by atoms with Gasteiger partial charge in [-0.05, 0) is 42.8 Å². The molecule has 1 amide bonds. The van der Waals surface area contributed by atoms with E-state index in [4.69, 9.17) is 9.15 Å². The van der Waals surface area contributed by atoms with Crippen LogP contribution in [0.1, 0.15) is 23.0 Å². The van der Waals surface area contributed by atoms with Gasteiger partial charge in [0, 0.05) is 12.4 Å². The number of benzene rings is 1. The number of amides is 1. The molecule has 10 heteroatoms. The Kier molecular flexibility index (Phi) is 5.40. The number of nitrogens with zero attached hydrogens (tertiary/aromatic N) is 4. The molecular formula is C20H16N4O5S. The molecule has 4 rings (SSSR count). The largest absolute Gasteiger partial charge is 0.494 e. The molecule has 0 saturated heterocycles. The summed E-state index contributed by atoms with van der Waals surface area (Å²) in [5, 5.41) is 11.4. The van der Waals surface area contributed by atoms with Gasteiger partial charge in [-0.2, -0.15) is 0 Å². The number of carbonyl (C=O) groups excluding carboxylic acids is 1. The van der Waals surface area contributed by atoms with E-state index >= 15 is 0 Å². The summed E-state index contributed by atoms with van der Waals surface area (Å²) in [5.74, 6) is -0.451. The van der Waals surface area contributed by atoms with Crippen molar-refractivity contribution in [2.45, 2.75) is 13.5 Å². The minimum absolute atomic E-state index is 0.139. The molecule has 0 bridgehead atoms. The van der Waals surface area contributed by atoms with Crippen LogP contribution in [0.3, 0.4) is 0 Å². The van der Waals surface area contributed by atoms with Gasteiger partial charge < -0.3 is 9.15 Å². The van der Waals surface area contributed by atoms with E-state index in [1.807, 2.05) is 31.2 Å². The average Bonchev–Trinajstić information content (AvgIpc) is 3.40. The molecule has 0 atom stereocenters. The molecule has 1 aromatic carbocycles. The van der Waals surface area contributed by atoms with Crippen molar-refractivity contribution >= 4 is 38.5 Å². The van der Waals surface area contributed by atoms with E-state index in [1.165, 1.54) is 22.3 Å². The second-order valence-electron chi connectivity index (χ2n) is 6.21. The number of rotatable bonds is 7.